The Balaban J connectivity index is 1.94. The summed E-state index contributed by atoms with van der Waals surface area (Å²) in [5.41, 5.74) is 6.84. The zero-order valence-electron chi connectivity index (χ0n) is 25.6. The first-order chi connectivity index (χ1) is 19.5. The maximum atomic E-state index is 13.8. The van der Waals surface area contributed by atoms with E-state index in [0.717, 1.165) is 48.7 Å². The first-order valence-electron chi connectivity index (χ1n) is 14.9. The van der Waals surface area contributed by atoms with Crippen molar-refractivity contribution in [3.05, 3.63) is 59.7 Å². The third-order valence-corrected chi connectivity index (χ3v) is 12.5. The monoisotopic (exact) mass is 584 g/mol. The normalized spacial score (nSPS) is 16.2. The van der Waals surface area contributed by atoms with Gasteiger partial charge in [-0.3, -0.25) is 0 Å². The molecule has 1 unspecified atom stereocenters. The predicted molar refractivity (Wildman–Crippen MR) is 164 cm³/mol. The summed E-state index contributed by atoms with van der Waals surface area (Å²) >= 11 is 0. The minimum absolute atomic E-state index is 0.126. The number of nitrogens with two attached hydrogens (primary N) is 1. The highest BCUT2D eigenvalue weighted by molar-refractivity contribution is 6.73. The van der Waals surface area contributed by atoms with E-state index in [4.69, 9.17) is 24.4 Å². The van der Waals surface area contributed by atoms with Crippen molar-refractivity contribution >= 4 is 20.5 Å². The van der Waals surface area contributed by atoms with Gasteiger partial charge < -0.3 is 29.3 Å². The third-order valence-electron chi connectivity index (χ3n) is 7.83. The van der Waals surface area contributed by atoms with Gasteiger partial charge in [0.15, 0.2) is 8.32 Å². The van der Waals surface area contributed by atoms with E-state index in [1.165, 1.54) is 5.56 Å². The average Bonchev–Trinajstić information content (AvgIpc) is 3.14. The first kappa shape index (κ1) is 32.5. The van der Waals surface area contributed by atoms with Crippen LogP contribution in [-0.4, -0.2) is 56.3 Å². The number of ether oxygens (including phenoxy) is 3. The lowest BCUT2D eigenvalue weighted by molar-refractivity contribution is -0.000470. The predicted octanol–water partition coefficient (Wildman–Crippen LogP) is 7.10. The molecule has 0 aromatic heterocycles. The van der Waals surface area contributed by atoms with Gasteiger partial charge in [0.05, 0.1) is 12.6 Å². The van der Waals surface area contributed by atoms with E-state index in [9.17, 15) is 9.59 Å². The highest BCUT2D eigenvalue weighted by Gasteiger charge is 2.37. The van der Waals surface area contributed by atoms with E-state index in [-0.39, 0.29) is 18.2 Å². The summed E-state index contributed by atoms with van der Waals surface area (Å²) in [6, 6.07) is 18.2. The largest absolute Gasteiger partial charge is 0.491 e. The summed E-state index contributed by atoms with van der Waals surface area (Å²) in [7, 11) is -2.03. The molecule has 2 amide bonds. The number of carbonyl (C=O) groups is 2. The van der Waals surface area contributed by atoms with E-state index >= 15 is 0 Å². The van der Waals surface area contributed by atoms with Crippen LogP contribution in [0.5, 0.6) is 11.5 Å². The Morgan fingerprint density at radius 3 is 2.29 bits per heavy atom. The molecule has 3 rings (SSSR count). The summed E-state index contributed by atoms with van der Waals surface area (Å²) in [6.45, 7) is 12.9. The second-order valence-corrected chi connectivity index (χ2v) is 16.6. The van der Waals surface area contributed by atoms with Crippen molar-refractivity contribution < 1.29 is 28.2 Å². The molecule has 0 aliphatic heterocycles. The molecule has 2 aromatic rings. The smallest absolute Gasteiger partial charge is 0.410 e. The third kappa shape index (κ3) is 9.78. The number of hydrogen-bond donors (Lipinski definition) is 1. The number of benzene rings is 2. The van der Waals surface area contributed by atoms with Crippen LogP contribution in [0.1, 0.15) is 65.5 Å². The fourth-order valence-corrected chi connectivity index (χ4v) is 8.31. The highest BCUT2D eigenvalue weighted by atomic mass is 28.4. The molecular formula is C32H48N2O6Si. The number of amides is 2. The number of hydrogen-bond acceptors (Lipinski definition) is 6. The van der Waals surface area contributed by atoms with E-state index < -0.39 is 20.0 Å². The van der Waals surface area contributed by atoms with Crippen molar-refractivity contribution in [1.29, 1.82) is 0 Å². The van der Waals surface area contributed by atoms with Crippen LogP contribution in [0.15, 0.2) is 48.5 Å². The molecule has 0 spiro atoms. The van der Waals surface area contributed by atoms with Crippen LogP contribution >= 0.6 is 0 Å². The maximum Gasteiger partial charge on any atom is 0.410 e. The van der Waals surface area contributed by atoms with Crippen molar-refractivity contribution in [2.24, 2.45) is 5.73 Å². The molecule has 0 radical (unpaired) electrons. The molecule has 2 atom stereocenters. The zero-order chi connectivity index (χ0) is 30.0. The quantitative estimate of drug-likeness (QED) is 0.211. The van der Waals surface area contributed by atoms with Crippen molar-refractivity contribution in [3.63, 3.8) is 0 Å². The number of primary amides is 1. The molecule has 9 heteroatoms. The Hall–Kier alpha value is -3.04. The summed E-state index contributed by atoms with van der Waals surface area (Å²) in [6.07, 6.45) is 1.68. The molecule has 0 heterocycles. The van der Waals surface area contributed by atoms with E-state index in [2.05, 4.69) is 20.8 Å². The standard InChI is InChI=1S/C32H48N2O6Si/c1-7-41(8-2,9-3)40-29(23-37-27-16-11-10-12-17-27)22-34(31(36)39-32(4,5)6)26-15-13-14-24-18-19-28(38-30(33)35)21-25(24)20-26/h10-12,16-19,21,26,29H,7-9,13-15,20,22-23H2,1-6H3,(H2,33,35)/t26?,29-/m0/s1. The molecular weight excluding hydrogens is 536 g/mol. The topological polar surface area (TPSA) is 100 Å². The first-order valence-corrected chi connectivity index (χ1v) is 17.4. The Kier molecular flexibility index (Phi) is 11.7. The molecule has 1 aliphatic carbocycles. The lowest BCUT2D eigenvalue weighted by Gasteiger charge is -2.39. The van der Waals surface area contributed by atoms with E-state index in [1.807, 2.05) is 68.1 Å². The number of carbonyl (C=O) groups excluding carboxylic acids is 2. The van der Waals surface area contributed by atoms with Gasteiger partial charge in [-0.05, 0) is 100.0 Å². The van der Waals surface area contributed by atoms with Crippen LogP contribution < -0.4 is 15.2 Å². The molecule has 0 saturated carbocycles. The molecule has 0 bridgehead atoms. The number of aryl methyl sites for hydroxylation is 1. The van der Waals surface area contributed by atoms with Gasteiger partial charge in [0.25, 0.3) is 0 Å². The Labute approximate surface area is 246 Å². The molecule has 226 valence electrons. The van der Waals surface area contributed by atoms with Crippen LogP contribution in [0, 0.1) is 0 Å². The Bertz CT molecular complexity index is 1120. The van der Waals surface area contributed by atoms with Crippen LogP contribution in [0.2, 0.25) is 18.1 Å². The highest BCUT2D eigenvalue weighted by Crippen LogP contribution is 2.30. The number of fused-ring (bicyclic) bond motifs is 1. The molecule has 0 saturated heterocycles. The maximum absolute atomic E-state index is 13.8. The van der Waals surface area contributed by atoms with Gasteiger partial charge >= 0.3 is 12.2 Å². The van der Waals surface area contributed by atoms with Gasteiger partial charge in [-0.1, -0.05) is 45.0 Å². The minimum atomic E-state index is -2.03. The van der Waals surface area contributed by atoms with Gasteiger partial charge in [0.1, 0.15) is 23.7 Å². The molecule has 2 aromatic carbocycles. The molecule has 1 aliphatic rings. The minimum Gasteiger partial charge on any atom is -0.491 e. The fraction of sp³-hybridized carbons (Fsp3) is 0.562. The van der Waals surface area contributed by atoms with Crippen LogP contribution in [-0.2, 0) is 22.0 Å². The SMILES string of the molecule is CC[Si](CC)(CC)O[C@H](COc1ccccc1)CN(C(=O)OC(C)(C)C)C1CCCc2ccc(OC(N)=O)cc2C1. The van der Waals surface area contributed by atoms with Crippen molar-refractivity contribution in [1.82, 2.24) is 4.90 Å². The van der Waals surface area contributed by atoms with Crippen molar-refractivity contribution in [3.8, 4) is 11.5 Å². The zero-order valence-corrected chi connectivity index (χ0v) is 26.6. The number of rotatable bonds is 12. The second-order valence-electron chi connectivity index (χ2n) is 11.8. The van der Waals surface area contributed by atoms with Gasteiger partial charge in [0, 0.05) is 6.04 Å². The average molecular weight is 585 g/mol. The van der Waals surface area contributed by atoms with Crippen LogP contribution in [0.4, 0.5) is 9.59 Å². The number of para-hydroxylation sites is 1. The van der Waals surface area contributed by atoms with Gasteiger partial charge in [0.2, 0.25) is 0 Å². The lowest BCUT2D eigenvalue weighted by atomic mass is 10.0. The molecule has 2 N–H and O–H groups in total. The summed E-state index contributed by atoms with van der Waals surface area (Å²) in [5.74, 6) is 1.18. The van der Waals surface area contributed by atoms with E-state index in [0.29, 0.717) is 25.3 Å². The van der Waals surface area contributed by atoms with Gasteiger partial charge in [-0.2, -0.15) is 0 Å². The second kappa shape index (κ2) is 14.7. The molecule has 8 nitrogen and oxygen atoms in total. The summed E-state index contributed by atoms with van der Waals surface area (Å²) in [4.78, 5) is 27.0. The van der Waals surface area contributed by atoms with Crippen molar-refractivity contribution in [2.75, 3.05) is 13.2 Å². The van der Waals surface area contributed by atoms with Crippen molar-refractivity contribution in [2.45, 2.75) is 103 Å². The van der Waals surface area contributed by atoms with Crippen LogP contribution in [0.3, 0.4) is 0 Å². The number of nitrogens with zero attached hydrogens (tertiary/aromatic N) is 1. The van der Waals surface area contributed by atoms with Gasteiger partial charge in [-0.25, -0.2) is 9.59 Å². The van der Waals surface area contributed by atoms with E-state index in [1.54, 1.807) is 6.07 Å². The fourth-order valence-electron chi connectivity index (χ4n) is 5.46. The summed E-state index contributed by atoms with van der Waals surface area (Å²) in [5, 5.41) is 0. The summed E-state index contributed by atoms with van der Waals surface area (Å²) < 4.78 is 24.3. The van der Waals surface area contributed by atoms with Crippen LogP contribution in [0.25, 0.3) is 0 Å². The Morgan fingerprint density at radius 1 is 1.00 bits per heavy atom. The van der Waals surface area contributed by atoms with Gasteiger partial charge in [-0.15, -0.1) is 0 Å². The Morgan fingerprint density at radius 2 is 1.68 bits per heavy atom. The lowest BCUT2D eigenvalue weighted by Crippen LogP contribution is -2.52. The molecule has 41 heavy (non-hydrogen) atoms. The molecule has 0 fully saturated rings.